The molecule has 5 heteroatoms. The molecule has 2 heterocycles. The van der Waals surface area contributed by atoms with E-state index in [1.54, 1.807) is 24.0 Å². The number of ether oxygens (including phenoxy) is 1. The highest BCUT2D eigenvalue weighted by molar-refractivity contribution is 6.15. The number of carbonyl (C=O) groups excluding carboxylic acids is 1. The molecule has 5 rings (SSSR count). The number of fused-ring (bicyclic) bond motifs is 2. The second-order valence-corrected chi connectivity index (χ2v) is 10.3. The lowest BCUT2D eigenvalue weighted by Crippen LogP contribution is -2.37. The number of anilines is 2. The van der Waals surface area contributed by atoms with Crippen LogP contribution in [-0.4, -0.2) is 22.6 Å². The average molecular weight is 456 g/mol. The first-order valence-electron chi connectivity index (χ1n) is 11.6. The number of aryl methyl sites for hydroxylation is 3. The van der Waals surface area contributed by atoms with Crippen LogP contribution < -0.4 is 9.64 Å². The van der Waals surface area contributed by atoms with E-state index in [0.29, 0.717) is 11.3 Å². The molecule has 1 amide bonds. The third-order valence-electron chi connectivity index (χ3n) is 7.29. The lowest BCUT2D eigenvalue weighted by atomic mass is 9.76. The van der Waals surface area contributed by atoms with Crippen molar-refractivity contribution in [2.75, 3.05) is 4.90 Å². The minimum atomic E-state index is -1.00. The molecule has 0 fully saturated rings. The summed E-state index contributed by atoms with van der Waals surface area (Å²) in [6, 6.07) is 17.3. The van der Waals surface area contributed by atoms with Crippen molar-refractivity contribution < 1.29 is 19.4 Å². The highest BCUT2D eigenvalue weighted by Crippen LogP contribution is 2.50. The highest BCUT2D eigenvalue weighted by Gasteiger charge is 2.49. The van der Waals surface area contributed by atoms with Crippen molar-refractivity contribution in [2.24, 2.45) is 0 Å². The summed E-state index contributed by atoms with van der Waals surface area (Å²) in [5.41, 5.74) is 5.12. The van der Waals surface area contributed by atoms with Crippen molar-refractivity contribution in [2.45, 2.75) is 58.5 Å². The van der Waals surface area contributed by atoms with Crippen molar-refractivity contribution in [3.05, 3.63) is 88.0 Å². The monoisotopic (exact) mass is 455 g/mol. The predicted molar refractivity (Wildman–Crippen MR) is 132 cm³/mol. The Hall–Kier alpha value is -3.60. The molecule has 3 aromatic rings. The van der Waals surface area contributed by atoms with Crippen LogP contribution >= 0.6 is 0 Å². The van der Waals surface area contributed by atoms with Crippen molar-refractivity contribution in [3.8, 4) is 5.75 Å². The maximum absolute atomic E-state index is 14.2. The van der Waals surface area contributed by atoms with Crippen LogP contribution in [-0.2, 0) is 16.6 Å². The first-order chi connectivity index (χ1) is 16.0. The van der Waals surface area contributed by atoms with Gasteiger partial charge >= 0.3 is 5.97 Å². The Labute approximate surface area is 200 Å². The first kappa shape index (κ1) is 22.2. The fourth-order valence-electron chi connectivity index (χ4n) is 5.18. The molecule has 0 aromatic heterocycles. The van der Waals surface area contributed by atoms with Gasteiger partial charge in [0.25, 0.3) is 0 Å². The minimum absolute atomic E-state index is 0.0923. The van der Waals surface area contributed by atoms with E-state index < -0.39 is 11.4 Å². The fourth-order valence-corrected chi connectivity index (χ4v) is 5.18. The van der Waals surface area contributed by atoms with Gasteiger partial charge in [0, 0.05) is 5.69 Å². The molecule has 5 nitrogen and oxygen atoms in total. The number of rotatable bonds is 3. The second-order valence-electron chi connectivity index (χ2n) is 10.3. The molecule has 1 atom stereocenters. The van der Waals surface area contributed by atoms with Gasteiger partial charge in [0.1, 0.15) is 11.4 Å². The Kier molecular flexibility index (Phi) is 4.87. The largest absolute Gasteiger partial charge is 0.488 e. The molecule has 0 bridgehead atoms. The zero-order valence-electron chi connectivity index (χ0n) is 20.2. The molecular weight excluding hydrogens is 426 g/mol. The molecule has 0 saturated heterocycles. The van der Waals surface area contributed by atoms with E-state index in [2.05, 4.69) is 26.0 Å². The molecule has 0 radical (unpaired) electrons. The SMILES string of the molecule is Cc1ccc2c(c1)[C@](C)(c1ccc3c(c1)CCC(C)(C)O3)C(=O)N2c1ccc(C)c(C(=O)O)c1. The van der Waals surface area contributed by atoms with Gasteiger partial charge < -0.3 is 9.84 Å². The Morgan fingerprint density at radius 1 is 1.00 bits per heavy atom. The first-order valence-corrected chi connectivity index (χ1v) is 11.6. The lowest BCUT2D eigenvalue weighted by molar-refractivity contribution is -0.120. The molecule has 0 unspecified atom stereocenters. The summed E-state index contributed by atoms with van der Waals surface area (Å²) in [6.07, 6.45) is 1.81. The van der Waals surface area contributed by atoms with Crippen molar-refractivity contribution in [1.82, 2.24) is 0 Å². The van der Waals surface area contributed by atoms with Gasteiger partial charge in [-0.25, -0.2) is 4.79 Å². The highest BCUT2D eigenvalue weighted by atomic mass is 16.5. The Morgan fingerprint density at radius 3 is 2.50 bits per heavy atom. The van der Waals surface area contributed by atoms with E-state index in [1.807, 2.05) is 44.2 Å². The average Bonchev–Trinajstić information content (AvgIpc) is 3.00. The number of hydrogen-bond donors (Lipinski definition) is 1. The zero-order valence-corrected chi connectivity index (χ0v) is 20.2. The Bertz CT molecular complexity index is 1360. The summed E-state index contributed by atoms with van der Waals surface area (Å²) in [4.78, 5) is 27.6. The number of carboxylic acids is 1. The zero-order chi connectivity index (χ0) is 24.4. The summed E-state index contributed by atoms with van der Waals surface area (Å²) in [6.45, 7) is 9.93. The predicted octanol–water partition coefficient (Wildman–Crippen LogP) is 6.09. The molecule has 3 aromatic carbocycles. The van der Waals surface area contributed by atoms with Crippen LogP contribution in [0.4, 0.5) is 11.4 Å². The number of nitrogens with zero attached hydrogens (tertiary/aromatic N) is 1. The van der Waals surface area contributed by atoms with E-state index in [4.69, 9.17) is 4.74 Å². The third-order valence-corrected chi connectivity index (χ3v) is 7.29. The van der Waals surface area contributed by atoms with Crippen LogP contribution in [0.25, 0.3) is 0 Å². The van der Waals surface area contributed by atoms with E-state index in [9.17, 15) is 14.7 Å². The topological polar surface area (TPSA) is 66.8 Å². The van der Waals surface area contributed by atoms with Gasteiger partial charge in [-0.3, -0.25) is 9.69 Å². The number of hydrogen-bond acceptors (Lipinski definition) is 3. The number of carbonyl (C=O) groups is 2. The Morgan fingerprint density at radius 2 is 1.76 bits per heavy atom. The normalized spacial score (nSPS) is 20.5. The van der Waals surface area contributed by atoms with Crippen LogP contribution in [0.15, 0.2) is 54.6 Å². The van der Waals surface area contributed by atoms with Crippen LogP contribution in [0.1, 0.15) is 65.4 Å². The third kappa shape index (κ3) is 3.30. The van der Waals surface area contributed by atoms with Gasteiger partial charge in [-0.1, -0.05) is 35.9 Å². The summed E-state index contributed by atoms with van der Waals surface area (Å²) in [7, 11) is 0. The smallest absolute Gasteiger partial charge is 0.336 e. The van der Waals surface area contributed by atoms with Crippen molar-refractivity contribution >= 4 is 23.3 Å². The van der Waals surface area contributed by atoms with E-state index in [0.717, 1.165) is 46.5 Å². The summed E-state index contributed by atoms with van der Waals surface area (Å²) in [5.74, 6) is -0.221. The standard InChI is InChI=1S/C29H29NO4/c1-17-6-10-24-23(14-17)29(5,20-8-11-25-19(15-20)12-13-28(3,4)34-25)27(33)30(24)21-9-7-18(2)22(16-21)26(31)32/h6-11,14-16H,12-13H2,1-5H3,(H,31,32)/t29-/m0/s1. The molecule has 0 spiro atoms. The molecular formula is C29H29NO4. The van der Waals surface area contributed by atoms with Crippen LogP contribution in [0.3, 0.4) is 0 Å². The number of carboxylic acid groups (broad SMARTS) is 1. The maximum Gasteiger partial charge on any atom is 0.336 e. The molecule has 0 saturated carbocycles. The second kappa shape index (κ2) is 7.45. The molecule has 1 N–H and O–H groups in total. The summed E-state index contributed by atoms with van der Waals surface area (Å²) < 4.78 is 6.17. The van der Waals surface area contributed by atoms with Gasteiger partial charge in [0.15, 0.2) is 0 Å². The van der Waals surface area contributed by atoms with Crippen molar-refractivity contribution in [1.29, 1.82) is 0 Å². The number of benzene rings is 3. The molecule has 2 aliphatic heterocycles. The van der Waals surface area contributed by atoms with Gasteiger partial charge in [-0.2, -0.15) is 0 Å². The molecule has 2 aliphatic rings. The lowest BCUT2D eigenvalue weighted by Gasteiger charge is -2.34. The summed E-state index contributed by atoms with van der Waals surface area (Å²) in [5, 5.41) is 9.65. The quantitative estimate of drug-likeness (QED) is 0.519. The number of aromatic carboxylic acids is 1. The summed E-state index contributed by atoms with van der Waals surface area (Å²) >= 11 is 0. The van der Waals surface area contributed by atoms with Crippen LogP contribution in [0.2, 0.25) is 0 Å². The van der Waals surface area contributed by atoms with Crippen molar-refractivity contribution in [3.63, 3.8) is 0 Å². The fraction of sp³-hybridized carbons (Fsp3) is 0.310. The molecule has 0 aliphatic carbocycles. The van der Waals surface area contributed by atoms with Gasteiger partial charge in [0.05, 0.1) is 16.7 Å². The van der Waals surface area contributed by atoms with Gasteiger partial charge in [0.2, 0.25) is 5.91 Å². The number of amides is 1. The minimum Gasteiger partial charge on any atom is -0.488 e. The van der Waals surface area contributed by atoms with E-state index >= 15 is 0 Å². The van der Waals surface area contributed by atoms with E-state index in [1.165, 1.54) is 0 Å². The van der Waals surface area contributed by atoms with Gasteiger partial charge in [-0.05, 0) is 94.0 Å². The Balaban J connectivity index is 1.67. The maximum atomic E-state index is 14.2. The molecule has 34 heavy (non-hydrogen) atoms. The van der Waals surface area contributed by atoms with Crippen LogP contribution in [0, 0.1) is 13.8 Å². The van der Waals surface area contributed by atoms with Gasteiger partial charge in [-0.15, -0.1) is 0 Å². The van der Waals surface area contributed by atoms with Crippen LogP contribution in [0.5, 0.6) is 5.75 Å². The van der Waals surface area contributed by atoms with E-state index in [-0.39, 0.29) is 17.1 Å². The molecule has 174 valence electrons.